The number of hydrogen-bond donors (Lipinski definition) is 2. The Morgan fingerprint density at radius 1 is 1.29 bits per heavy atom. The van der Waals surface area contributed by atoms with Gasteiger partial charge in [-0.25, -0.2) is 4.79 Å². The first-order valence-corrected chi connectivity index (χ1v) is 6.15. The van der Waals surface area contributed by atoms with Crippen LogP contribution in [0.5, 0.6) is 0 Å². The number of amides is 2. The third-order valence-corrected chi connectivity index (χ3v) is 3.83. The van der Waals surface area contributed by atoms with Gasteiger partial charge in [-0.15, -0.1) is 0 Å². The first kappa shape index (κ1) is 10.4. The Kier molecular flexibility index (Phi) is 2.42. The average molecular weight is 231 g/mol. The molecule has 3 rings (SSSR count). The number of nitrogens with zero attached hydrogens (tertiary/aromatic N) is 1. The summed E-state index contributed by atoms with van der Waals surface area (Å²) in [6.45, 7) is 0.922. The van der Waals surface area contributed by atoms with Gasteiger partial charge in [0.05, 0.1) is 0 Å². The zero-order valence-corrected chi connectivity index (χ0v) is 9.73. The maximum atomic E-state index is 12.1. The third-order valence-electron chi connectivity index (χ3n) is 3.83. The van der Waals surface area contributed by atoms with Crippen molar-refractivity contribution in [2.75, 3.05) is 17.6 Å². The highest BCUT2D eigenvalue weighted by atomic mass is 16.2. The molecule has 0 spiro atoms. The number of benzene rings is 1. The van der Waals surface area contributed by atoms with Crippen LogP contribution in [0.2, 0.25) is 0 Å². The summed E-state index contributed by atoms with van der Waals surface area (Å²) in [5.74, 6) is 0.733. The molecule has 1 aromatic rings. The van der Waals surface area contributed by atoms with Gasteiger partial charge < -0.3 is 16.0 Å². The van der Waals surface area contributed by atoms with Gasteiger partial charge in [0.25, 0.3) is 0 Å². The van der Waals surface area contributed by atoms with Crippen LogP contribution in [0.15, 0.2) is 24.3 Å². The van der Waals surface area contributed by atoms with Crippen LogP contribution in [-0.4, -0.2) is 23.5 Å². The topological polar surface area (TPSA) is 58.4 Å². The van der Waals surface area contributed by atoms with Crippen molar-refractivity contribution in [3.63, 3.8) is 0 Å². The van der Waals surface area contributed by atoms with Crippen molar-refractivity contribution in [2.45, 2.75) is 25.3 Å². The summed E-state index contributed by atoms with van der Waals surface area (Å²) in [7, 11) is 0. The molecule has 17 heavy (non-hydrogen) atoms. The number of likely N-dealkylation sites (tertiary alicyclic amines) is 1. The highest BCUT2D eigenvalue weighted by Crippen LogP contribution is 2.37. The number of hydrogen-bond acceptors (Lipinski definition) is 2. The van der Waals surface area contributed by atoms with Crippen LogP contribution in [0, 0.1) is 5.92 Å². The fraction of sp³-hybridized carbons (Fsp3) is 0.462. The fourth-order valence-corrected chi connectivity index (χ4v) is 2.94. The van der Waals surface area contributed by atoms with Gasteiger partial charge in [-0.2, -0.15) is 0 Å². The first-order chi connectivity index (χ1) is 8.22. The van der Waals surface area contributed by atoms with Crippen molar-refractivity contribution >= 4 is 17.4 Å². The molecule has 4 heteroatoms. The van der Waals surface area contributed by atoms with Gasteiger partial charge in [0.1, 0.15) is 0 Å². The van der Waals surface area contributed by atoms with E-state index in [4.69, 9.17) is 5.73 Å². The maximum Gasteiger partial charge on any atom is 0.322 e. The van der Waals surface area contributed by atoms with Gasteiger partial charge in [-0.05, 0) is 49.4 Å². The van der Waals surface area contributed by atoms with E-state index in [0.29, 0.717) is 11.7 Å². The smallest absolute Gasteiger partial charge is 0.322 e. The lowest BCUT2D eigenvalue weighted by Gasteiger charge is -2.27. The first-order valence-electron chi connectivity index (χ1n) is 6.15. The van der Waals surface area contributed by atoms with Gasteiger partial charge in [-0.3, -0.25) is 0 Å². The number of rotatable bonds is 1. The predicted molar refractivity (Wildman–Crippen MR) is 67.7 cm³/mol. The van der Waals surface area contributed by atoms with Crippen LogP contribution < -0.4 is 11.1 Å². The van der Waals surface area contributed by atoms with E-state index >= 15 is 0 Å². The summed E-state index contributed by atoms with van der Waals surface area (Å²) >= 11 is 0. The molecule has 0 radical (unpaired) electrons. The molecule has 2 bridgehead atoms. The number of anilines is 2. The highest BCUT2D eigenvalue weighted by molar-refractivity contribution is 5.90. The Morgan fingerprint density at radius 2 is 2.06 bits per heavy atom. The van der Waals surface area contributed by atoms with Crippen molar-refractivity contribution in [1.29, 1.82) is 0 Å². The highest BCUT2D eigenvalue weighted by Gasteiger charge is 2.40. The van der Waals surface area contributed by atoms with Crippen LogP contribution >= 0.6 is 0 Å². The molecule has 2 amide bonds. The van der Waals surface area contributed by atoms with E-state index in [9.17, 15) is 4.79 Å². The van der Waals surface area contributed by atoms with Crippen LogP contribution in [0.4, 0.5) is 16.2 Å². The molecule has 1 aromatic carbocycles. The molecular formula is C13H17N3O. The Bertz CT molecular complexity index is 429. The van der Waals surface area contributed by atoms with Gasteiger partial charge in [0, 0.05) is 24.0 Å². The second-order valence-corrected chi connectivity index (χ2v) is 5.04. The monoisotopic (exact) mass is 231 g/mol. The maximum absolute atomic E-state index is 12.1. The lowest BCUT2D eigenvalue weighted by molar-refractivity contribution is 0.194. The largest absolute Gasteiger partial charge is 0.399 e. The van der Waals surface area contributed by atoms with Crippen LogP contribution in [-0.2, 0) is 0 Å². The van der Waals surface area contributed by atoms with E-state index in [1.807, 2.05) is 17.0 Å². The van der Waals surface area contributed by atoms with E-state index in [1.165, 1.54) is 19.3 Å². The number of fused-ring (bicyclic) bond motifs is 2. The molecule has 1 aliphatic carbocycles. The minimum atomic E-state index is 0.0296. The van der Waals surface area contributed by atoms with E-state index in [2.05, 4.69) is 5.32 Å². The van der Waals surface area contributed by atoms with E-state index in [0.717, 1.165) is 18.2 Å². The van der Waals surface area contributed by atoms with E-state index in [1.54, 1.807) is 12.1 Å². The minimum absolute atomic E-state index is 0.0296. The molecule has 1 saturated carbocycles. The Morgan fingerprint density at radius 3 is 2.65 bits per heavy atom. The summed E-state index contributed by atoms with van der Waals surface area (Å²) in [5.41, 5.74) is 7.13. The van der Waals surface area contributed by atoms with Crippen molar-refractivity contribution in [3.8, 4) is 0 Å². The minimum Gasteiger partial charge on any atom is -0.399 e. The molecule has 0 aromatic heterocycles. The van der Waals surface area contributed by atoms with Crippen molar-refractivity contribution in [1.82, 2.24) is 4.90 Å². The second kappa shape index (κ2) is 3.95. The number of nitrogens with two attached hydrogens (primary N) is 1. The molecule has 2 aliphatic rings. The van der Waals surface area contributed by atoms with Crippen molar-refractivity contribution in [2.24, 2.45) is 5.92 Å². The number of carbonyl (C=O) groups is 1. The van der Waals surface area contributed by atoms with Gasteiger partial charge in [0.2, 0.25) is 0 Å². The molecule has 2 unspecified atom stereocenters. The molecule has 1 aliphatic heterocycles. The number of nitrogens with one attached hydrogen (secondary N) is 1. The lowest BCUT2D eigenvalue weighted by Crippen LogP contribution is -2.40. The average Bonchev–Trinajstić information content (AvgIpc) is 2.94. The van der Waals surface area contributed by atoms with Crippen molar-refractivity contribution < 1.29 is 4.79 Å². The standard InChI is InChI=1S/C13H17N3O/c14-10-2-4-11(5-3-10)15-13(17)16-8-9-1-6-12(16)7-9/h2-5,9,12H,1,6-8,14H2,(H,15,17). The number of urea groups is 1. The molecule has 3 N–H and O–H groups in total. The molecule has 2 atom stereocenters. The SMILES string of the molecule is Nc1ccc(NC(=O)N2CC3CCC2C3)cc1. The normalized spacial score (nSPS) is 26.2. The third kappa shape index (κ3) is 1.95. The number of piperidine rings is 1. The zero-order chi connectivity index (χ0) is 11.8. The number of carbonyl (C=O) groups excluding carboxylic acids is 1. The quantitative estimate of drug-likeness (QED) is 0.728. The summed E-state index contributed by atoms with van der Waals surface area (Å²) in [5, 5.41) is 2.93. The zero-order valence-electron chi connectivity index (χ0n) is 9.73. The summed E-state index contributed by atoms with van der Waals surface area (Å²) in [4.78, 5) is 14.0. The van der Waals surface area contributed by atoms with E-state index < -0.39 is 0 Å². The predicted octanol–water partition coefficient (Wildman–Crippen LogP) is 2.29. The molecule has 4 nitrogen and oxygen atoms in total. The van der Waals surface area contributed by atoms with Gasteiger partial charge in [-0.1, -0.05) is 0 Å². The van der Waals surface area contributed by atoms with Gasteiger partial charge in [0.15, 0.2) is 0 Å². The Labute approximate surface area is 101 Å². The summed E-state index contributed by atoms with van der Waals surface area (Å²) in [6.07, 6.45) is 3.64. The molecule has 90 valence electrons. The molecule has 2 fully saturated rings. The summed E-state index contributed by atoms with van der Waals surface area (Å²) < 4.78 is 0. The second-order valence-electron chi connectivity index (χ2n) is 5.04. The molecule has 1 heterocycles. The Balaban J connectivity index is 1.65. The van der Waals surface area contributed by atoms with Crippen LogP contribution in [0.3, 0.4) is 0 Å². The summed E-state index contributed by atoms with van der Waals surface area (Å²) in [6, 6.07) is 7.76. The molecular weight excluding hydrogens is 214 g/mol. The number of nitrogen functional groups attached to an aromatic ring is 1. The van der Waals surface area contributed by atoms with Crippen molar-refractivity contribution in [3.05, 3.63) is 24.3 Å². The van der Waals surface area contributed by atoms with Gasteiger partial charge >= 0.3 is 6.03 Å². The Hall–Kier alpha value is -1.71. The van der Waals surface area contributed by atoms with E-state index in [-0.39, 0.29) is 6.03 Å². The lowest BCUT2D eigenvalue weighted by atomic mass is 10.1. The fourth-order valence-electron chi connectivity index (χ4n) is 2.94. The molecule has 1 saturated heterocycles. The van der Waals surface area contributed by atoms with Crippen LogP contribution in [0.25, 0.3) is 0 Å². The van der Waals surface area contributed by atoms with Crippen LogP contribution in [0.1, 0.15) is 19.3 Å².